The minimum atomic E-state index is -0.214. The van der Waals surface area contributed by atoms with Crippen LogP contribution in [0.5, 0.6) is 0 Å². The SMILES string of the molecule is O=C(N[C@@H]1C[C@@H]1C1CCCCC1)N1CCCC[C@H]1C1OCCO1. The van der Waals surface area contributed by atoms with Crippen molar-refractivity contribution in [2.45, 2.75) is 76.2 Å². The number of nitrogens with one attached hydrogen (secondary N) is 1. The van der Waals surface area contributed by atoms with Gasteiger partial charge in [0.05, 0.1) is 19.3 Å². The fourth-order valence-electron chi connectivity index (χ4n) is 4.80. The topological polar surface area (TPSA) is 50.8 Å². The first kappa shape index (κ1) is 15.7. The number of hydrogen-bond donors (Lipinski definition) is 1. The van der Waals surface area contributed by atoms with Crippen LogP contribution in [0.15, 0.2) is 0 Å². The fourth-order valence-corrected chi connectivity index (χ4v) is 4.80. The van der Waals surface area contributed by atoms with Crippen LogP contribution in [0.2, 0.25) is 0 Å². The molecule has 0 aromatic carbocycles. The van der Waals surface area contributed by atoms with Crippen LogP contribution in [0.1, 0.15) is 57.8 Å². The van der Waals surface area contributed by atoms with Gasteiger partial charge in [-0.15, -0.1) is 0 Å². The highest BCUT2D eigenvalue weighted by Crippen LogP contribution is 2.44. The van der Waals surface area contributed by atoms with E-state index in [1.54, 1.807) is 0 Å². The Labute approximate surface area is 139 Å². The predicted octanol–water partition coefficient (Wildman–Crippen LogP) is 2.89. The lowest BCUT2D eigenvalue weighted by Gasteiger charge is -2.38. The molecule has 0 aromatic heterocycles. The highest BCUT2D eigenvalue weighted by Gasteiger charge is 2.45. The van der Waals surface area contributed by atoms with Crippen molar-refractivity contribution in [2.75, 3.05) is 19.8 Å². The summed E-state index contributed by atoms with van der Waals surface area (Å²) in [6.07, 6.45) is 11.1. The van der Waals surface area contributed by atoms with Gasteiger partial charge in [0.15, 0.2) is 6.29 Å². The Morgan fingerprint density at radius 1 is 0.957 bits per heavy atom. The predicted molar refractivity (Wildman–Crippen MR) is 87.0 cm³/mol. The number of amides is 2. The molecule has 0 bridgehead atoms. The molecule has 5 nitrogen and oxygen atoms in total. The number of likely N-dealkylation sites (tertiary alicyclic amines) is 1. The molecular weight excluding hydrogens is 292 g/mol. The summed E-state index contributed by atoms with van der Waals surface area (Å²) in [7, 11) is 0. The van der Waals surface area contributed by atoms with E-state index in [4.69, 9.17) is 9.47 Å². The molecular formula is C18H30N2O3. The van der Waals surface area contributed by atoms with Crippen LogP contribution in [-0.4, -0.2) is 49.1 Å². The number of carbonyl (C=O) groups is 1. The van der Waals surface area contributed by atoms with Crippen LogP contribution < -0.4 is 5.32 Å². The van der Waals surface area contributed by atoms with Crippen LogP contribution >= 0.6 is 0 Å². The van der Waals surface area contributed by atoms with Gasteiger partial charge in [0.25, 0.3) is 0 Å². The fraction of sp³-hybridized carbons (Fsp3) is 0.944. The first-order valence-corrected chi connectivity index (χ1v) is 9.63. The summed E-state index contributed by atoms with van der Waals surface area (Å²) in [5, 5.41) is 3.30. The molecule has 2 aliphatic carbocycles. The monoisotopic (exact) mass is 322 g/mol. The Morgan fingerprint density at radius 2 is 1.70 bits per heavy atom. The summed E-state index contributed by atoms with van der Waals surface area (Å²) < 4.78 is 11.3. The number of nitrogens with zero attached hydrogens (tertiary/aromatic N) is 1. The lowest BCUT2D eigenvalue weighted by atomic mass is 9.85. The molecule has 3 atom stereocenters. The van der Waals surface area contributed by atoms with E-state index in [0.29, 0.717) is 19.3 Å². The van der Waals surface area contributed by atoms with Gasteiger partial charge in [0.2, 0.25) is 0 Å². The quantitative estimate of drug-likeness (QED) is 0.869. The molecule has 4 fully saturated rings. The van der Waals surface area contributed by atoms with Gasteiger partial charge in [-0.1, -0.05) is 32.1 Å². The minimum absolute atomic E-state index is 0.0955. The Kier molecular flexibility index (Phi) is 4.76. The summed E-state index contributed by atoms with van der Waals surface area (Å²) in [5.41, 5.74) is 0. The normalized spacial score (nSPS) is 36.2. The average Bonchev–Trinajstić information content (AvgIpc) is 3.15. The average molecular weight is 322 g/mol. The molecule has 5 heteroatoms. The standard InChI is InChI=1S/C18H30N2O3/c21-18(19-15-12-14(15)13-6-2-1-3-7-13)20-9-5-4-8-16(20)17-22-10-11-23-17/h13-17H,1-12H2,(H,19,21)/t14-,15-,16+/m1/s1. The highest BCUT2D eigenvalue weighted by atomic mass is 16.7. The summed E-state index contributed by atoms with van der Waals surface area (Å²) >= 11 is 0. The van der Waals surface area contributed by atoms with Crippen LogP contribution in [0, 0.1) is 11.8 Å². The minimum Gasteiger partial charge on any atom is -0.348 e. The van der Waals surface area contributed by atoms with E-state index in [2.05, 4.69) is 5.32 Å². The zero-order valence-corrected chi connectivity index (χ0v) is 14.0. The third-order valence-corrected chi connectivity index (χ3v) is 6.18. The molecule has 4 rings (SSSR count). The van der Waals surface area contributed by atoms with E-state index in [9.17, 15) is 4.79 Å². The van der Waals surface area contributed by atoms with Crippen molar-refractivity contribution < 1.29 is 14.3 Å². The summed E-state index contributed by atoms with van der Waals surface area (Å²) in [5.74, 6) is 1.59. The van der Waals surface area contributed by atoms with Crippen molar-refractivity contribution in [1.29, 1.82) is 0 Å². The van der Waals surface area contributed by atoms with Gasteiger partial charge in [0.1, 0.15) is 0 Å². The molecule has 23 heavy (non-hydrogen) atoms. The van der Waals surface area contributed by atoms with Crippen molar-refractivity contribution in [2.24, 2.45) is 11.8 Å². The number of ether oxygens (including phenoxy) is 2. The number of hydrogen-bond acceptors (Lipinski definition) is 3. The lowest BCUT2D eigenvalue weighted by Crippen LogP contribution is -2.54. The second kappa shape index (κ2) is 6.98. The molecule has 0 aromatic rings. The van der Waals surface area contributed by atoms with Gasteiger partial charge in [-0.2, -0.15) is 0 Å². The maximum absolute atomic E-state index is 12.7. The molecule has 0 radical (unpaired) electrons. The summed E-state index contributed by atoms with van der Waals surface area (Å²) in [6, 6.07) is 0.619. The number of piperidine rings is 1. The second-order valence-electron chi connectivity index (χ2n) is 7.72. The molecule has 2 amide bonds. The molecule has 1 N–H and O–H groups in total. The van der Waals surface area contributed by atoms with E-state index < -0.39 is 0 Å². The maximum Gasteiger partial charge on any atom is 0.318 e. The molecule has 2 saturated heterocycles. The molecule has 2 saturated carbocycles. The third-order valence-electron chi connectivity index (χ3n) is 6.18. The largest absolute Gasteiger partial charge is 0.348 e. The van der Waals surface area contributed by atoms with E-state index in [1.807, 2.05) is 4.90 Å². The number of urea groups is 1. The Hall–Kier alpha value is -0.810. The van der Waals surface area contributed by atoms with Crippen molar-refractivity contribution in [3.8, 4) is 0 Å². The van der Waals surface area contributed by atoms with Gasteiger partial charge < -0.3 is 19.7 Å². The van der Waals surface area contributed by atoms with Gasteiger partial charge in [0, 0.05) is 12.6 Å². The maximum atomic E-state index is 12.7. The summed E-state index contributed by atoms with van der Waals surface area (Å²) in [6.45, 7) is 2.15. The zero-order chi connectivity index (χ0) is 15.6. The second-order valence-corrected chi connectivity index (χ2v) is 7.72. The molecule has 2 heterocycles. The molecule has 0 unspecified atom stereocenters. The van der Waals surface area contributed by atoms with Gasteiger partial charge in [-0.05, 0) is 37.5 Å². The van der Waals surface area contributed by atoms with Crippen molar-refractivity contribution in [1.82, 2.24) is 10.2 Å². The van der Waals surface area contributed by atoms with Crippen molar-refractivity contribution in [3.05, 3.63) is 0 Å². The van der Waals surface area contributed by atoms with Gasteiger partial charge in [-0.3, -0.25) is 0 Å². The van der Waals surface area contributed by atoms with E-state index in [-0.39, 0.29) is 18.4 Å². The number of rotatable bonds is 3. The van der Waals surface area contributed by atoms with E-state index in [0.717, 1.165) is 37.6 Å². The molecule has 0 spiro atoms. The third kappa shape index (κ3) is 3.50. The molecule has 2 aliphatic heterocycles. The first-order chi connectivity index (χ1) is 11.3. The Morgan fingerprint density at radius 3 is 2.48 bits per heavy atom. The van der Waals surface area contributed by atoms with Crippen molar-refractivity contribution >= 4 is 6.03 Å². The van der Waals surface area contributed by atoms with Gasteiger partial charge in [-0.25, -0.2) is 4.79 Å². The lowest BCUT2D eigenvalue weighted by molar-refractivity contribution is -0.0983. The van der Waals surface area contributed by atoms with Crippen LogP contribution in [0.25, 0.3) is 0 Å². The van der Waals surface area contributed by atoms with E-state index in [1.165, 1.54) is 38.5 Å². The highest BCUT2D eigenvalue weighted by molar-refractivity contribution is 5.75. The molecule has 4 aliphatic rings. The Bertz CT molecular complexity index is 418. The summed E-state index contributed by atoms with van der Waals surface area (Å²) in [4.78, 5) is 14.7. The van der Waals surface area contributed by atoms with Crippen LogP contribution in [0.3, 0.4) is 0 Å². The number of carbonyl (C=O) groups excluding carboxylic acids is 1. The first-order valence-electron chi connectivity index (χ1n) is 9.63. The van der Waals surface area contributed by atoms with E-state index >= 15 is 0 Å². The smallest absolute Gasteiger partial charge is 0.318 e. The van der Waals surface area contributed by atoms with Gasteiger partial charge >= 0.3 is 6.03 Å². The van der Waals surface area contributed by atoms with Crippen LogP contribution in [-0.2, 0) is 9.47 Å². The van der Waals surface area contributed by atoms with Crippen molar-refractivity contribution in [3.63, 3.8) is 0 Å². The van der Waals surface area contributed by atoms with Crippen LogP contribution in [0.4, 0.5) is 4.79 Å². The Balaban J connectivity index is 1.31. The molecule has 130 valence electrons. The zero-order valence-electron chi connectivity index (χ0n) is 14.0.